The molecule has 0 unspecified atom stereocenters. The van der Waals surface area contributed by atoms with Crippen LogP contribution in [0.4, 0.5) is 5.69 Å². The van der Waals surface area contributed by atoms with Crippen molar-refractivity contribution in [2.24, 2.45) is 0 Å². The zero-order valence-electron chi connectivity index (χ0n) is 20.9. The van der Waals surface area contributed by atoms with Crippen LogP contribution in [-0.4, -0.2) is 41.6 Å². The van der Waals surface area contributed by atoms with Gasteiger partial charge < -0.3 is 14.4 Å². The number of piperazine rings is 1. The molecule has 1 aliphatic heterocycles. The fourth-order valence-corrected chi connectivity index (χ4v) is 5.39. The Balaban J connectivity index is 1.36. The van der Waals surface area contributed by atoms with Gasteiger partial charge in [0.2, 0.25) is 0 Å². The highest BCUT2D eigenvalue weighted by Gasteiger charge is 2.24. The normalized spacial score (nSPS) is 14.1. The van der Waals surface area contributed by atoms with Crippen LogP contribution in [0.2, 0.25) is 5.02 Å². The van der Waals surface area contributed by atoms with Gasteiger partial charge in [-0.3, -0.25) is 4.79 Å². The van der Waals surface area contributed by atoms with E-state index in [9.17, 15) is 4.79 Å². The van der Waals surface area contributed by atoms with Gasteiger partial charge in [-0.1, -0.05) is 41.9 Å². The van der Waals surface area contributed by atoms with Crippen molar-refractivity contribution in [3.8, 4) is 0 Å². The SMILES string of the molecule is Cc1cccc(N2CCN(C(=O)c3ccc4c(c3)c(C)c(C)n4Cc3ccccc3Cl)CC2)c1C. The smallest absolute Gasteiger partial charge is 0.253 e. The molecule has 1 saturated heterocycles. The lowest BCUT2D eigenvalue weighted by Gasteiger charge is -2.37. The Kier molecular flexibility index (Phi) is 6.33. The number of amides is 1. The molecule has 5 rings (SSSR count). The first kappa shape index (κ1) is 23.5. The third kappa shape index (κ3) is 4.32. The molecule has 0 radical (unpaired) electrons. The highest BCUT2D eigenvalue weighted by molar-refractivity contribution is 6.31. The molecule has 1 amide bonds. The summed E-state index contributed by atoms with van der Waals surface area (Å²) < 4.78 is 2.29. The molecule has 5 heteroatoms. The van der Waals surface area contributed by atoms with Crippen molar-refractivity contribution < 1.29 is 4.79 Å². The van der Waals surface area contributed by atoms with Gasteiger partial charge in [0.1, 0.15) is 0 Å². The van der Waals surface area contributed by atoms with Gasteiger partial charge in [-0.2, -0.15) is 0 Å². The third-order valence-electron chi connectivity index (χ3n) is 7.66. The van der Waals surface area contributed by atoms with Gasteiger partial charge in [0.15, 0.2) is 0 Å². The molecule has 35 heavy (non-hydrogen) atoms. The summed E-state index contributed by atoms with van der Waals surface area (Å²) in [4.78, 5) is 17.8. The third-order valence-corrected chi connectivity index (χ3v) is 8.02. The van der Waals surface area contributed by atoms with E-state index < -0.39 is 0 Å². The minimum atomic E-state index is 0.114. The fourth-order valence-electron chi connectivity index (χ4n) is 5.19. The van der Waals surface area contributed by atoms with Crippen molar-refractivity contribution in [2.45, 2.75) is 34.2 Å². The van der Waals surface area contributed by atoms with Crippen LogP contribution < -0.4 is 4.90 Å². The number of rotatable bonds is 4. The molecule has 0 saturated carbocycles. The van der Waals surface area contributed by atoms with Crippen LogP contribution in [0.1, 0.15) is 38.3 Å². The van der Waals surface area contributed by atoms with E-state index in [0.29, 0.717) is 6.54 Å². The van der Waals surface area contributed by atoms with Crippen molar-refractivity contribution in [2.75, 3.05) is 31.1 Å². The van der Waals surface area contributed by atoms with Crippen LogP contribution in [0.15, 0.2) is 60.7 Å². The summed E-state index contributed by atoms with van der Waals surface area (Å²) in [7, 11) is 0. The average Bonchev–Trinajstić information content (AvgIpc) is 3.11. The summed E-state index contributed by atoms with van der Waals surface area (Å²) >= 11 is 6.44. The van der Waals surface area contributed by atoms with Crippen molar-refractivity contribution in [3.63, 3.8) is 0 Å². The van der Waals surface area contributed by atoms with Gasteiger partial charge in [-0.25, -0.2) is 0 Å². The number of nitrogens with zero attached hydrogens (tertiary/aromatic N) is 3. The molecule has 0 aliphatic carbocycles. The molecule has 1 aromatic heterocycles. The molecule has 0 N–H and O–H groups in total. The summed E-state index contributed by atoms with van der Waals surface area (Å²) in [6, 6.07) is 20.6. The van der Waals surface area contributed by atoms with Crippen LogP contribution in [0.25, 0.3) is 10.9 Å². The molecule has 4 aromatic rings. The molecule has 0 atom stereocenters. The Morgan fingerprint density at radius 3 is 2.34 bits per heavy atom. The van der Waals surface area contributed by atoms with Gasteiger partial charge in [0.25, 0.3) is 5.91 Å². The molecule has 1 fully saturated rings. The van der Waals surface area contributed by atoms with Crippen LogP contribution in [0, 0.1) is 27.7 Å². The molecule has 1 aliphatic rings. The number of hydrogen-bond donors (Lipinski definition) is 0. The monoisotopic (exact) mass is 485 g/mol. The Morgan fingerprint density at radius 1 is 0.857 bits per heavy atom. The van der Waals surface area contributed by atoms with Crippen molar-refractivity contribution in [1.82, 2.24) is 9.47 Å². The van der Waals surface area contributed by atoms with Crippen molar-refractivity contribution in [1.29, 1.82) is 0 Å². The Hall–Kier alpha value is -3.24. The van der Waals surface area contributed by atoms with E-state index >= 15 is 0 Å². The van der Waals surface area contributed by atoms with Gasteiger partial charge in [-0.15, -0.1) is 0 Å². The van der Waals surface area contributed by atoms with Crippen LogP contribution in [0.5, 0.6) is 0 Å². The minimum Gasteiger partial charge on any atom is -0.368 e. The number of hydrogen-bond acceptors (Lipinski definition) is 2. The number of aromatic nitrogens is 1. The summed E-state index contributed by atoms with van der Waals surface area (Å²) in [6.07, 6.45) is 0. The first-order chi connectivity index (χ1) is 16.8. The molecule has 0 spiro atoms. The Morgan fingerprint density at radius 2 is 1.60 bits per heavy atom. The van der Waals surface area contributed by atoms with E-state index in [-0.39, 0.29) is 5.91 Å². The molecule has 180 valence electrons. The molecular formula is C30H32ClN3O. The highest BCUT2D eigenvalue weighted by atomic mass is 35.5. The fraction of sp³-hybridized carbons (Fsp3) is 0.300. The lowest BCUT2D eigenvalue weighted by atomic mass is 10.1. The maximum atomic E-state index is 13.4. The number of carbonyl (C=O) groups excluding carboxylic acids is 1. The van der Waals surface area contributed by atoms with Crippen LogP contribution >= 0.6 is 11.6 Å². The van der Waals surface area contributed by atoms with Crippen molar-refractivity contribution >= 4 is 34.1 Å². The van der Waals surface area contributed by atoms with E-state index in [1.807, 2.05) is 29.2 Å². The first-order valence-corrected chi connectivity index (χ1v) is 12.7. The van der Waals surface area contributed by atoms with E-state index in [1.54, 1.807) is 0 Å². The number of carbonyl (C=O) groups is 1. The predicted octanol–water partition coefficient (Wildman–Crippen LogP) is 6.54. The number of fused-ring (bicyclic) bond motifs is 1. The maximum absolute atomic E-state index is 13.4. The summed E-state index contributed by atoms with van der Waals surface area (Å²) in [5, 5.41) is 1.91. The largest absolute Gasteiger partial charge is 0.368 e. The minimum absolute atomic E-state index is 0.114. The van der Waals surface area contributed by atoms with Crippen LogP contribution in [0.3, 0.4) is 0 Å². The van der Waals surface area contributed by atoms with Crippen molar-refractivity contribution in [3.05, 3.63) is 99.2 Å². The second-order valence-corrected chi connectivity index (χ2v) is 10.0. The summed E-state index contributed by atoms with van der Waals surface area (Å²) in [5.41, 5.74) is 9.31. The zero-order valence-corrected chi connectivity index (χ0v) is 21.7. The van der Waals surface area contributed by atoms with Crippen LogP contribution in [-0.2, 0) is 6.54 Å². The standard InChI is InChI=1S/C30H32ClN3O/c1-20-8-7-11-28(21(20)2)32-14-16-33(17-15-32)30(35)24-12-13-29-26(18-24)22(3)23(4)34(29)19-25-9-5-6-10-27(25)31/h5-13,18H,14-17,19H2,1-4H3. The van der Waals surface area contributed by atoms with Gasteiger partial charge >= 0.3 is 0 Å². The quantitative estimate of drug-likeness (QED) is 0.328. The summed E-state index contributed by atoms with van der Waals surface area (Å²) in [6.45, 7) is 12.5. The molecule has 3 aromatic carbocycles. The van der Waals surface area contributed by atoms with Gasteiger partial charge in [0, 0.05) is 65.6 Å². The maximum Gasteiger partial charge on any atom is 0.253 e. The number of benzene rings is 3. The van der Waals surface area contributed by atoms with E-state index in [2.05, 4.69) is 73.6 Å². The molecule has 0 bridgehead atoms. The van der Waals surface area contributed by atoms with E-state index in [0.717, 1.165) is 53.2 Å². The van der Waals surface area contributed by atoms with Gasteiger partial charge in [0.05, 0.1) is 0 Å². The average molecular weight is 486 g/mol. The topological polar surface area (TPSA) is 28.5 Å². The predicted molar refractivity (Wildman–Crippen MR) is 146 cm³/mol. The second kappa shape index (κ2) is 9.43. The molecule has 2 heterocycles. The zero-order chi connectivity index (χ0) is 24.7. The Labute approximate surface area is 212 Å². The Bertz CT molecular complexity index is 1410. The lowest BCUT2D eigenvalue weighted by molar-refractivity contribution is 0.0747. The highest BCUT2D eigenvalue weighted by Crippen LogP contribution is 2.29. The summed E-state index contributed by atoms with van der Waals surface area (Å²) in [5.74, 6) is 0.114. The number of aryl methyl sites for hydroxylation is 2. The number of halogens is 1. The first-order valence-electron chi connectivity index (χ1n) is 12.3. The molecule has 4 nitrogen and oxygen atoms in total. The van der Waals surface area contributed by atoms with Gasteiger partial charge in [-0.05, 0) is 80.3 Å². The second-order valence-electron chi connectivity index (χ2n) is 9.62. The molecular weight excluding hydrogens is 454 g/mol. The van der Waals surface area contributed by atoms with E-state index in [4.69, 9.17) is 11.6 Å². The lowest BCUT2D eigenvalue weighted by Crippen LogP contribution is -2.49. The van der Waals surface area contributed by atoms with E-state index in [1.165, 1.54) is 28.1 Å². The number of anilines is 1.